The predicted molar refractivity (Wildman–Crippen MR) is 94.3 cm³/mol. The fraction of sp³-hybridized carbons (Fsp3) is 0.353. The predicted octanol–water partition coefficient (Wildman–Crippen LogP) is 1.69. The molecule has 126 valence electrons. The number of anilines is 2. The SMILES string of the molecule is C=Cn1cc(CNc2ccc(N3CCC[C@@H](C(N)=O)C3)nc2)cn1. The van der Waals surface area contributed by atoms with Crippen LogP contribution in [0.2, 0.25) is 0 Å². The fourth-order valence-electron chi connectivity index (χ4n) is 2.87. The first-order valence-electron chi connectivity index (χ1n) is 8.05. The topological polar surface area (TPSA) is 89.1 Å². The van der Waals surface area contributed by atoms with Gasteiger partial charge >= 0.3 is 0 Å². The monoisotopic (exact) mass is 326 g/mol. The van der Waals surface area contributed by atoms with Crippen LogP contribution < -0.4 is 16.0 Å². The maximum absolute atomic E-state index is 11.4. The summed E-state index contributed by atoms with van der Waals surface area (Å²) in [5.74, 6) is 0.573. The Labute approximate surface area is 141 Å². The molecule has 0 spiro atoms. The van der Waals surface area contributed by atoms with Crippen molar-refractivity contribution < 1.29 is 4.79 Å². The number of hydrogen-bond donors (Lipinski definition) is 2. The van der Waals surface area contributed by atoms with Crippen molar-refractivity contribution in [2.45, 2.75) is 19.4 Å². The van der Waals surface area contributed by atoms with Crippen molar-refractivity contribution >= 4 is 23.6 Å². The molecular weight excluding hydrogens is 304 g/mol. The molecule has 1 saturated heterocycles. The van der Waals surface area contributed by atoms with Crippen LogP contribution in [0.4, 0.5) is 11.5 Å². The summed E-state index contributed by atoms with van der Waals surface area (Å²) in [7, 11) is 0. The number of nitrogens with one attached hydrogen (secondary N) is 1. The Bertz CT molecular complexity index is 708. The van der Waals surface area contributed by atoms with Crippen LogP contribution in [-0.4, -0.2) is 33.8 Å². The second-order valence-electron chi connectivity index (χ2n) is 5.96. The number of primary amides is 1. The molecule has 3 heterocycles. The molecule has 3 rings (SSSR count). The zero-order chi connectivity index (χ0) is 16.9. The van der Waals surface area contributed by atoms with Gasteiger partial charge in [-0.05, 0) is 25.0 Å². The summed E-state index contributed by atoms with van der Waals surface area (Å²) in [4.78, 5) is 18.0. The lowest BCUT2D eigenvalue weighted by Crippen LogP contribution is -2.41. The van der Waals surface area contributed by atoms with Crippen LogP contribution >= 0.6 is 0 Å². The second kappa shape index (κ2) is 7.16. The van der Waals surface area contributed by atoms with E-state index in [-0.39, 0.29) is 11.8 Å². The summed E-state index contributed by atoms with van der Waals surface area (Å²) in [5, 5.41) is 7.45. The first kappa shape index (κ1) is 16.0. The third-order valence-electron chi connectivity index (χ3n) is 4.23. The average Bonchev–Trinajstić information content (AvgIpc) is 3.08. The molecule has 0 aromatic carbocycles. The van der Waals surface area contributed by atoms with Crippen LogP contribution in [0.5, 0.6) is 0 Å². The molecule has 0 saturated carbocycles. The van der Waals surface area contributed by atoms with Gasteiger partial charge in [-0.3, -0.25) is 4.79 Å². The van der Waals surface area contributed by atoms with Crippen LogP contribution in [-0.2, 0) is 11.3 Å². The van der Waals surface area contributed by atoms with Gasteiger partial charge in [0.1, 0.15) is 5.82 Å². The van der Waals surface area contributed by atoms with E-state index in [1.54, 1.807) is 23.3 Å². The highest BCUT2D eigenvalue weighted by atomic mass is 16.1. The summed E-state index contributed by atoms with van der Waals surface area (Å²) >= 11 is 0. The standard InChI is InChI=1S/C17H22N6O/c1-2-23-11-13(9-21-23)8-19-15-5-6-16(20-10-15)22-7-3-4-14(12-22)17(18)24/h2,5-6,9-11,14,19H,1,3-4,7-8,12H2,(H2,18,24)/t14-/m1/s1. The van der Waals surface area contributed by atoms with Crippen LogP contribution in [0.3, 0.4) is 0 Å². The van der Waals surface area contributed by atoms with Gasteiger partial charge in [-0.15, -0.1) is 0 Å². The maximum atomic E-state index is 11.4. The zero-order valence-corrected chi connectivity index (χ0v) is 13.6. The Kier molecular flexibility index (Phi) is 4.79. The van der Waals surface area contributed by atoms with Crippen molar-refractivity contribution in [2.75, 3.05) is 23.3 Å². The Morgan fingerprint density at radius 3 is 3.00 bits per heavy atom. The minimum absolute atomic E-state index is 0.0836. The van der Waals surface area contributed by atoms with E-state index in [0.29, 0.717) is 13.1 Å². The normalized spacial score (nSPS) is 17.5. The first-order chi connectivity index (χ1) is 11.7. The number of rotatable bonds is 6. The van der Waals surface area contributed by atoms with Crippen molar-refractivity contribution in [3.8, 4) is 0 Å². The maximum Gasteiger partial charge on any atom is 0.222 e. The molecule has 1 amide bonds. The number of amides is 1. The Balaban J connectivity index is 1.58. The molecule has 24 heavy (non-hydrogen) atoms. The Morgan fingerprint density at radius 1 is 1.46 bits per heavy atom. The van der Waals surface area contributed by atoms with Gasteiger partial charge in [0.2, 0.25) is 5.91 Å². The molecule has 1 aliphatic heterocycles. The van der Waals surface area contributed by atoms with Crippen LogP contribution in [0.25, 0.3) is 6.20 Å². The molecule has 1 fully saturated rings. The van der Waals surface area contributed by atoms with E-state index in [1.807, 2.05) is 18.3 Å². The van der Waals surface area contributed by atoms with Gasteiger partial charge in [-0.25, -0.2) is 9.67 Å². The smallest absolute Gasteiger partial charge is 0.222 e. The lowest BCUT2D eigenvalue weighted by Gasteiger charge is -2.32. The van der Waals surface area contributed by atoms with E-state index in [0.717, 1.165) is 36.5 Å². The van der Waals surface area contributed by atoms with Gasteiger partial charge in [0.05, 0.1) is 24.0 Å². The molecule has 0 unspecified atom stereocenters. The number of nitrogens with zero attached hydrogens (tertiary/aromatic N) is 4. The number of hydrogen-bond acceptors (Lipinski definition) is 5. The summed E-state index contributed by atoms with van der Waals surface area (Å²) in [6, 6.07) is 3.97. The summed E-state index contributed by atoms with van der Waals surface area (Å²) in [5.41, 5.74) is 7.44. The quantitative estimate of drug-likeness (QED) is 0.843. The molecule has 2 aromatic heterocycles. The first-order valence-corrected chi connectivity index (χ1v) is 8.05. The third-order valence-corrected chi connectivity index (χ3v) is 4.23. The Morgan fingerprint density at radius 2 is 2.33 bits per heavy atom. The van der Waals surface area contributed by atoms with E-state index in [1.165, 1.54) is 0 Å². The van der Waals surface area contributed by atoms with Crippen molar-refractivity contribution in [3.05, 3.63) is 42.9 Å². The summed E-state index contributed by atoms with van der Waals surface area (Å²) in [6.45, 7) is 5.89. The van der Waals surface area contributed by atoms with Gasteiger partial charge in [-0.1, -0.05) is 6.58 Å². The fourth-order valence-corrected chi connectivity index (χ4v) is 2.87. The highest BCUT2D eigenvalue weighted by molar-refractivity contribution is 5.77. The number of nitrogens with two attached hydrogens (primary N) is 1. The van der Waals surface area contributed by atoms with Gasteiger partial charge in [-0.2, -0.15) is 5.10 Å². The van der Waals surface area contributed by atoms with E-state index in [4.69, 9.17) is 5.73 Å². The van der Waals surface area contributed by atoms with Crippen molar-refractivity contribution in [2.24, 2.45) is 11.7 Å². The minimum Gasteiger partial charge on any atom is -0.380 e. The molecule has 1 aliphatic rings. The minimum atomic E-state index is -0.224. The van der Waals surface area contributed by atoms with Gasteiger partial charge < -0.3 is 16.0 Å². The second-order valence-corrected chi connectivity index (χ2v) is 5.96. The number of carbonyl (C=O) groups excluding carboxylic acids is 1. The summed E-state index contributed by atoms with van der Waals surface area (Å²) in [6.07, 6.45) is 9.00. The average molecular weight is 326 g/mol. The van der Waals surface area contributed by atoms with Crippen molar-refractivity contribution in [1.29, 1.82) is 0 Å². The number of pyridine rings is 1. The molecule has 0 aliphatic carbocycles. The van der Waals surface area contributed by atoms with E-state index < -0.39 is 0 Å². The lowest BCUT2D eigenvalue weighted by atomic mass is 9.97. The van der Waals surface area contributed by atoms with Crippen LogP contribution in [0, 0.1) is 5.92 Å². The van der Waals surface area contributed by atoms with Crippen LogP contribution in [0.15, 0.2) is 37.3 Å². The van der Waals surface area contributed by atoms with Crippen LogP contribution in [0.1, 0.15) is 18.4 Å². The van der Waals surface area contributed by atoms with Gasteiger partial charge in [0, 0.05) is 37.6 Å². The molecular formula is C17H22N6O. The Hall–Kier alpha value is -2.83. The number of aromatic nitrogens is 3. The molecule has 2 aromatic rings. The highest BCUT2D eigenvalue weighted by Gasteiger charge is 2.24. The largest absolute Gasteiger partial charge is 0.380 e. The molecule has 3 N–H and O–H groups in total. The lowest BCUT2D eigenvalue weighted by molar-refractivity contribution is -0.122. The molecule has 7 heteroatoms. The van der Waals surface area contributed by atoms with E-state index in [2.05, 4.69) is 26.9 Å². The summed E-state index contributed by atoms with van der Waals surface area (Å²) < 4.78 is 1.67. The van der Waals surface area contributed by atoms with Gasteiger partial charge in [0.25, 0.3) is 0 Å². The van der Waals surface area contributed by atoms with Gasteiger partial charge in [0.15, 0.2) is 0 Å². The van der Waals surface area contributed by atoms with E-state index in [9.17, 15) is 4.79 Å². The number of carbonyl (C=O) groups is 1. The molecule has 1 atom stereocenters. The molecule has 7 nitrogen and oxygen atoms in total. The van der Waals surface area contributed by atoms with Crippen molar-refractivity contribution in [1.82, 2.24) is 14.8 Å². The number of piperidine rings is 1. The highest BCUT2D eigenvalue weighted by Crippen LogP contribution is 2.22. The van der Waals surface area contributed by atoms with E-state index >= 15 is 0 Å². The molecule has 0 bridgehead atoms. The third kappa shape index (κ3) is 3.73. The molecule has 0 radical (unpaired) electrons. The van der Waals surface area contributed by atoms with Crippen molar-refractivity contribution in [3.63, 3.8) is 0 Å². The zero-order valence-electron chi connectivity index (χ0n) is 13.6.